The summed E-state index contributed by atoms with van der Waals surface area (Å²) in [5.74, 6) is -1.42. The van der Waals surface area contributed by atoms with E-state index in [4.69, 9.17) is 9.84 Å². The van der Waals surface area contributed by atoms with E-state index in [1.807, 2.05) is 0 Å². The fourth-order valence-electron chi connectivity index (χ4n) is 1.31. The van der Waals surface area contributed by atoms with Gasteiger partial charge in [0.2, 0.25) is 0 Å². The molecule has 0 spiro atoms. The average Bonchev–Trinajstić information content (AvgIpc) is 2.70. The Morgan fingerprint density at radius 1 is 1.53 bits per heavy atom. The predicted octanol–water partition coefficient (Wildman–Crippen LogP) is 1.75. The molecule has 0 aliphatic heterocycles. The molecule has 1 heterocycles. The number of carboxylic acids is 1. The van der Waals surface area contributed by atoms with Crippen molar-refractivity contribution in [3.63, 3.8) is 0 Å². The van der Waals surface area contributed by atoms with E-state index in [2.05, 4.69) is 0 Å². The first-order chi connectivity index (χ1) is 8.08. The minimum absolute atomic E-state index is 0.103. The van der Waals surface area contributed by atoms with Gasteiger partial charge in [-0.15, -0.1) is 11.3 Å². The van der Waals surface area contributed by atoms with Gasteiger partial charge in [0.05, 0.1) is 11.5 Å². The van der Waals surface area contributed by atoms with Crippen molar-refractivity contribution in [1.82, 2.24) is 0 Å². The summed E-state index contributed by atoms with van der Waals surface area (Å²) in [5.41, 5.74) is 0.579. The lowest BCUT2D eigenvalue weighted by Crippen LogP contribution is -2.05. The topological polar surface area (TPSA) is 80.7 Å². The zero-order valence-electron chi connectivity index (χ0n) is 9.26. The van der Waals surface area contributed by atoms with Crippen LogP contribution in [-0.2, 0) is 16.0 Å². The number of rotatable bonds is 6. The van der Waals surface area contributed by atoms with Crippen molar-refractivity contribution in [3.05, 3.63) is 21.4 Å². The molecule has 0 saturated carbocycles. The Labute approximate surface area is 102 Å². The second kappa shape index (κ2) is 6.15. The maximum Gasteiger partial charge on any atom is 0.345 e. The lowest BCUT2D eigenvalue weighted by molar-refractivity contribution is -0.143. The van der Waals surface area contributed by atoms with Crippen LogP contribution in [0.4, 0.5) is 0 Å². The molecule has 1 aromatic rings. The molecule has 0 bridgehead atoms. The number of aryl methyl sites for hydroxylation is 1. The highest BCUT2D eigenvalue weighted by molar-refractivity contribution is 7.15. The van der Waals surface area contributed by atoms with Gasteiger partial charge in [-0.05, 0) is 25.0 Å². The normalized spacial score (nSPS) is 9.94. The Balaban J connectivity index is 2.73. The van der Waals surface area contributed by atoms with E-state index in [1.165, 1.54) is 6.07 Å². The Kier molecular flexibility index (Phi) is 4.84. The maximum absolute atomic E-state index is 11.1. The summed E-state index contributed by atoms with van der Waals surface area (Å²) < 4.78 is 4.75. The SMILES string of the molecule is CCOC(=O)CCc1cc(C(=O)O)sc1C=O. The summed E-state index contributed by atoms with van der Waals surface area (Å²) in [6.07, 6.45) is 1.07. The summed E-state index contributed by atoms with van der Waals surface area (Å²) in [5, 5.41) is 8.78. The van der Waals surface area contributed by atoms with Crippen molar-refractivity contribution in [3.8, 4) is 0 Å². The van der Waals surface area contributed by atoms with E-state index < -0.39 is 5.97 Å². The van der Waals surface area contributed by atoms with Crippen molar-refractivity contribution in [1.29, 1.82) is 0 Å². The van der Waals surface area contributed by atoms with Crippen molar-refractivity contribution in [2.24, 2.45) is 0 Å². The molecule has 0 aliphatic carbocycles. The summed E-state index contributed by atoms with van der Waals surface area (Å²) in [6.45, 7) is 2.02. The lowest BCUT2D eigenvalue weighted by atomic mass is 10.1. The van der Waals surface area contributed by atoms with Gasteiger partial charge < -0.3 is 9.84 Å². The number of hydrogen-bond donors (Lipinski definition) is 1. The maximum atomic E-state index is 11.1. The fraction of sp³-hybridized carbons (Fsp3) is 0.364. The molecule has 5 nitrogen and oxygen atoms in total. The Morgan fingerprint density at radius 3 is 2.76 bits per heavy atom. The van der Waals surface area contributed by atoms with E-state index in [0.717, 1.165) is 11.3 Å². The summed E-state index contributed by atoms with van der Waals surface area (Å²) >= 11 is 0.913. The summed E-state index contributed by atoms with van der Waals surface area (Å²) in [4.78, 5) is 33.1. The van der Waals surface area contributed by atoms with Gasteiger partial charge in [0.1, 0.15) is 4.88 Å². The van der Waals surface area contributed by atoms with Gasteiger partial charge in [-0.2, -0.15) is 0 Å². The van der Waals surface area contributed by atoms with Crippen LogP contribution in [0.15, 0.2) is 6.07 Å². The fourth-order valence-corrected chi connectivity index (χ4v) is 2.18. The van der Waals surface area contributed by atoms with Crippen molar-refractivity contribution < 1.29 is 24.2 Å². The van der Waals surface area contributed by atoms with Crippen LogP contribution in [0.1, 0.15) is 38.3 Å². The number of hydrogen-bond acceptors (Lipinski definition) is 5. The molecule has 0 aliphatic rings. The Bertz CT molecular complexity index is 435. The Hall–Kier alpha value is -1.69. The summed E-state index contributed by atoms with van der Waals surface area (Å²) in [7, 11) is 0. The minimum Gasteiger partial charge on any atom is -0.477 e. The van der Waals surface area contributed by atoms with E-state index in [1.54, 1.807) is 6.92 Å². The first-order valence-electron chi connectivity index (χ1n) is 5.05. The quantitative estimate of drug-likeness (QED) is 0.619. The van der Waals surface area contributed by atoms with Crippen LogP contribution < -0.4 is 0 Å². The first kappa shape index (κ1) is 13.4. The van der Waals surface area contributed by atoms with E-state index in [0.29, 0.717) is 29.8 Å². The van der Waals surface area contributed by atoms with Crippen LogP contribution in [0, 0.1) is 0 Å². The molecule has 1 N–H and O–H groups in total. The van der Waals surface area contributed by atoms with Crippen molar-refractivity contribution in [2.75, 3.05) is 6.61 Å². The van der Waals surface area contributed by atoms with E-state index in [9.17, 15) is 14.4 Å². The van der Waals surface area contributed by atoms with E-state index >= 15 is 0 Å². The smallest absolute Gasteiger partial charge is 0.345 e. The second-order valence-electron chi connectivity index (χ2n) is 3.23. The molecule has 0 unspecified atom stereocenters. The molecule has 17 heavy (non-hydrogen) atoms. The largest absolute Gasteiger partial charge is 0.477 e. The van der Waals surface area contributed by atoms with Gasteiger partial charge in [-0.1, -0.05) is 0 Å². The number of thiophene rings is 1. The molecule has 0 radical (unpaired) electrons. The number of esters is 1. The number of aldehydes is 1. The number of aromatic carboxylic acids is 1. The number of carbonyl (C=O) groups is 3. The predicted molar refractivity (Wildman–Crippen MR) is 61.6 cm³/mol. The van der Waals surface area contributed by atoms with Gasteiger partial charge >= 0.3 is 11.9 Å². The number of carbonyl (C=O) groups excluding carboxylic acids is 2. The zero-order chi connectivity index (χ0) is 12.8. The molecule has 0 saturated heterocycles. The van der Waals surface area contributed by atoms with Crippen molar-refractivity contribution >= 4 is 29.6 Å². The third-order valence-electron chi connectivity index (χ3n) is 2.06. The van der Waals surface area contributed by atoms with Crippen LogP contribution in [0.25, 0.3) is 0 Å². The van der Waals surface area contributed by atoms with Gasteiger partial charge in [-0.25, -0.2) is 4.79 Å². The van der Waals surface area contributed by atoms with E-state index in [-0.39, 0.29) is 17.3 Å². The minimum atomic E-state index is -1.07. The molecule has 92 valence electrons. The molecule has 0 fully saturated rings. The number of ether oxygens (including phenoxy) is 1. The molecule has 6 heteroatoms. The Morgan fingerprint density at radius 2 is 2.24 bits per heavy atom. The molecule has 1 aromatic heterocycles. The zero-order valence-corrected chi connectivity index (χ0v) is 10.1. The lowest BCUT2D eigenvalue weighted by Gasteiger charge is -2.00. The van der Waals surface area contributed by atoms with Gasteiger partial charge in [0.25, 0.3) is 0 Å². The monoisotopic (exact) mass is 256 g/mol. The third-order valence-corrected chi connectivity index (χ3v) is 3.15. The van der Waals surface area contributed by atoms with Gasteiger partial charge in [0, 0.05) is 6.42 Å². The van der Waals surface area contributed by atoms with Crippen LogP contribution in [0.3, 0.4) is 0 Å². The summed E-state index contributed by atoms with van der Waals surface area (Å²) in [6, 6.07) is 1.43. The molecule has 0 atom stereocenters. The highest BCUT2D eigenvalue weighted by atomic mass is 32.1. The molecule has 0 aromatic carbocycles. The second-order valence-corrected chi connectivity index (χ2v) is 4.31. The van der Waals surface area contributed by atoms with Crippen LogP contribution in [0.5, 0.6) is 0 Å². The van der Waals surface area contributed by atoms with Crippen LogP contribution in [0.2, 0.25) is 0 Å². The standard InChI is InChI=1S/C11H12O5S/c1-2-16-10(13)4-3-7-5-8(11(14)15)17-9(7)6-12/h5-6H,2-4H2,1H3,(H,14,15). The molecular formula is C11H12O5S. The highest BCUT2D eigenvalue weighted by Crippen LogP contribution is 2.22. The molecule has 1 rings (SSSR count). The molecular weight excluding hydrogens is 244 g/mol. The highest BCUT2D eigenvalue weighted by Gasteiger charge is 2.14. The molecule has 0 amide bonds. The van der Waals surface area contributed by atoms with Gasteiger partial charge in [-0.3, -0.25) is 9.59 Å². The average molecular weight is 256 g/mol. The third kappa shape index (κ3) is 3.67. The number of carboxylic acid groups (broad SMARTS) is 1. The van der Waals surface area contributed by atoms with Crippen molar-refractivity contribution in [2.45, 2.75) is 19.8 Å². The van der Waals surface area contributed by atoms with Gasteiger partial charge in [0.15, 0.2) is 6.29 Å². The first-order valence-corrected chi connectivity index (χ1v) is 5.87. The van der Waals surface area contributed by atoms with Crippen LogP contribution >= 0.6 is 11.3 Å². The van der Waals surface area contributed by atoms with Crippen LogP contribution in [-0.4, -0.2) is 29.9 Å².